The first kappa shape index (κ1) is 14.2. The third-order valence-electron chi connectivity index (χ3n) is 3.04. The fourth-order valence-electron chi connectivity index (χ4n) is 2.30. The molecule has 0 amide bonds. The Kier molecular flexibility index (Phi) is 4.72. The lowest BCUT2D eigenvalue weighted by molar-refractivity contribution is 0.627. The Balaban J connectivity index is 2.44. The van der Waals surface area contributed by atoms with E-state index in [0.717, 1.165) is 11.0 Å². The van der Waals surface area contributed by atoms with Crippen LogP contribution < -0.4 is 5.32 Å². The van der Waals surface area contributed by atoms with Crippen molar-refractivity contribution in [1.29, 1.82) is 0 Å². The number of benzene rings is 1. The summed E-state index contributed by atoms with van der Waals surface area (Å²) in [6, 6.07) is 8.90. The molecular formula is C16H19BrN2. The summed E-state index contributed by atoms with van der Waals surface area (Å²) in [6.07, 6.45) is 3.83. The Morgan fingerprint density at radius 3 is 2.42 bits per heavy atom. The van der Waals surface area contributed by atoms with Gasteiger partial charge in [-0.3, -0.25) is 4.98 Å². The second kappa shape index (κ2) is 6.31. The van der Waals surface area contributed by atoms with E-state index in [1.54, 1.807) is 0 Å². The standard InChI is InChI=1S/C16H19BrN2/c1-4-19-16(14-6-12(3)9-18-10-14)13-5-11(2)7-15(17)8-13/h5-10,16,19H,4H2,1-3H3. The number of pyridine rings is 1. The summed E-state index contributed by atoms with van der Waals surface area (Å²) in [5, 5.41) is 3.54. The van der Waals surface area contributed by atoms with Gasteiger partial charge in [-0.25, -0.2) is 0 Å². The number of nitrogens with zero attached hydrogens (tertiary/aromatic N) is 1. The van der Waals surface area contributed by atoms with Gasteiger partial charge < -0.3 is 5.32 Å². The predicted octanol–water partition coefficient (Wildman–Crippen LogP) is 4.16. The summed E-state index contributed by atoms with van der Waals surface area (Å²) in [6.45, 7) is 7.24. The Morgan fingerprint density at radius 1 is 1.05 bits per heavy atom. The SMILES string of the molecule is CCNC(c1cncc(C)c1)c1cc(C)cc(Br)c1. The molecule has 2 aromatic rings. The van der Waals surface area contributed by atoms with Crippen molar-refractivity contribution in [2.75, 3.05) is 6.54 Å². The number of nitrogens with one attached hydrogen (secondary N) is 1. The highest BCUT2D eigenvalue weighted by Crippen LogP contribution is 2.26. The molecule has 1 aromatic carbocycles. The maximum atomic E-state index is 4.31. The number of hydrogen-bond acceptors (Lipinski definition) is 2. The van der Waals surface area contributed by atoms with E-state index in [9.17, 15) is 0 Å². The molecule has 1 atom stereocenters. The average Bonchev–Trinajstić information content (AvgIpc) is 2.34. The molecule has 0 saturated carbocycles. The lowest BCUT2D eigenvalue weighted by Crippen LogP contribution is -2.22. The quantitative estimate of drug-likeness (QED) is 0.915. The minimum absolute atomic E-state index is 0.189. The van der Waals surface area contributed by atoms with Crippen LogP contribution in [0.1, 0.15) is 35.2 Å². The van der Waals surface area contributed by atoms with E-state index in [1.165, 1.54) is 22.3 Å². The molecule has 0 radical (unpaired) electrons. The number of aryl methyl sites for hydroxylation is 2. The first-order valence-electron chi connectivity index (χ1n) is 6.52. The largest absolute Gasteiger partial charge is 0.306 e. The van der Waals surface area contributed by atoms with Gasteiger partial charge in [-0.05, 0) is 54.8 Å². The van der Waals surface area contributed by atoms with E-state index in [1.807, 2.05) is 12.4 Å². The highest BCUT2D eigenvalue weighted by molar-refractivity contribution is 9.10. The molecule has 19 heavy (non-hydrogen) atoms. The predicted molar refractivity (Wildman–Crippen MR) is 83.4 cm³/mol. The van der Waals surface area contributed by atoms with E-state index in [-0.39, 0.29) is 6.04 Å². The molecule has 0 spiro atoms. The summed E-state index contributed by atoms with van der Waals surface area (Å²) in [4.78, 5) is 4.31. The van der Waals surface area contributed by atoms with Crippen LogP contribution in [0.25, 0.3) is 0 Å². The zero-order chi connectivity index (χ0) is 13.8. The third-order valence-corrected chi connectivity index (χ3v) is 3.49. The van der Waals surface area contributed by atoms with Gasteiger partial charge in [0, 0.05) is 16.9 Å². The Hall–Kier alpha value is -1.19. The van der Waals surface area contributed by atoms with Crippen molar-refractivity contribution >= 4 is 15.9 Å². The first-order valence-corrected chi connectivity index (χ1v) is 7.31. The van der Waals surface area contributed by atoms with Gasteiger partial charge in [0.05, 0.1) is 6.04 Å². The maximum Gasteiger partial charge on any atom is 0.0592 e. The molecule has 100 valence electrons. The summed E-state index contributed by atoms with van der Waals surface area (Å²) in [7, 11) is 0. The molecule has 0 saturated heterocycles. The molecule has 1 aromatic heterocycles. The molecule has 0 fully saturated rings. The third kappa shape index (κ3) is 3.64. The zero-order valence-corrected chi connectivity index (χ0v) is 13.2. The second-order valence-corrected chi connectivity index (χ2v) is 5.76. The van der Waals surface area contributed by atoms with Crippen molar-refractivity contribution in [1.82, 2.24) is 10.3 Å². The van der Waals surface area contributed by atoms with E-state index < -0.39 is 0 Å². The summed E-state index contributed by atoms with van der Waals surface area (Å²) >= 11 is 3.58. The van der Waals surface area contributed by atoms with E-state index in [0.29, 0.717) is 0 Å². The second-order valence-electron chi connectivity index (χ2n) is 4.85. The van der Waals surface area contributed by atoms with Gasteiger partial charge in [-0.1, -0.05) is 35.0 Å². The number of hydrogen-bond donors (Lipinski definition) is 1. The lowest BCUT2D eigenvalue weighted by Gasteiger charge is -2.20. The Bertz CT molecular complexity index is 546. The van der Waals surface area contributed by atoms with Gasteiger partial charge in [0.25, 0.3) is 0 Å². The number of halogens is 1. The van der Waals surface area contributed by atoms with Crippen LogP contribution in [0, 0.1) is 13.8 Å². The van der Waals surface area contributed by atoms with Crippen molar-refractivity contribution in [3.63, 3.8) is 0 Å². The van der Waals surface area contributed by atoms with Gasteiger partial charge in [0.1, 0.15) is 0 Å². The molecule has 1 N–H and O–H groups in total. The van der Waals surface area contributed by atoms with Crippen LogP contribution in [0.5, 0.6) is 0 Å². The molecule has 2 rings (SSSR count). The van der Waals surface area contributed by atoms with Crippen LogP contribution in [0.4, 0.5) is 0 Å². The van der Waals surface area contributed by atoms with E-state index >= 15 is 0 Å². The molecule has 2 nitrogen and oxygen atoms in total. The molecule has 3 heteroatoms. The zero-order valence-electron chi connectivity index (χ0n) is 11.6. The molecule has 0 bridgehead atoms. The fraction of sp³-hybridized carbons (Fsp3) is 0.312. The summed E-state index contributed by atoms with van der Waals surface area (Å²) < 4.78 is 1.12. The van der Waals surface area contributed by atoms with E-state index in [2.05, 4.69) is 71.3 Å². The average molecular weight is 319 g/mol. The van der Waals surface area contributed by atoms with Crippen molar-refractivity contribution in [3.05, 3.63) is 63.4 Å². The van der Waals surface area contributed by atoms with Crippen LogP contribution in [0.15, 0.2) is 41.1 Å². The first-order chi connectivity index (χ1) is 9.10. The molecule has 1 unspecified atom stereocenters. The smallest absolute Gasteiger partial charge is 0.0592 e. The molecular weight excluding hydrogens is 300 g/mol. The minimum atomic E-state index is 0.189. The summed E-state index contributed by atoms with van der Waals surface area (Å²) in [5.41, 5.74) is 4.92. The van der Waals surface area contributed by atoms with Gasteiger partial charge in [-0.15, -0.1) is 0 Å². The van der Waals surface area contributed by atoms with Crippen molar-refractivity contribution in [2.45, 2.75) is 26.8 Å². The maximum absolute atomic E-state index is 4.31. The molecule has 1 heterocycles. The topological polar surface area (TPSA) is 24.9 Å². The lowest BCUT2D eigenvalue weighted by atomic mass is 9.98. The summed E-state index contributed by atoms with van der Waals surface area (Å²) in [5.74, 6) is 0. The van der Waals surface area contributed by atoms with Gasteiger partial charge in [0.15, 0.2) is 0 Å². The van der Waals surface area contributed by atoms with Crippen molar-refractivity contribution in [2.24, 2.45) is 0 Å². The number of aromatic nitrogens is 1. The monoisotopic (exact) mass is 318 g/mol. The van der Waals surface area contributed by atoms with E-state index in [4.69, 9.17) is 0 Å². The van der Waals surface area contributed by atoms with Crippen molar-refractivity contribution in [3.8, 4) is 0 Å². The fourth-order valence-corrected chi connectivity index (χ4v) is 2.93. The van der Waals surface area contributed by atoms with Crippen LogP contribution in [-0.2, 0) is 0 Å². The van der Waals surface area contributed by atoms with Gasteiger partial charge in [0.2, 0.25) is 0 Å². The molecule has 0 aliphatic heterocycles. The highest BCUT2D eigenvalue weighted by atomic mass is 79.9. The molecule has 0 aliphatic rings. The van der Waals surface area contributed by atoms with Crippen LogP contribution in [0.3, 0.4) is 0 Å². The van der Waals surface area contributed by atoms with Crippen LogP contribution in [0.2, 0.25) is 0 Å². The normalized spacial score (nSPS) is 12.4. The number of rotatable bonds is 4. The van der Waals surface area contributed by atoms with Gasteiger partial charge in [-0.2, -0.15) is 0 Å². The van der Waals surface area contributed by atoms with Crippen molar-refractivity contribution < 1.29 is 0 Å². The Morgan fingerprint density at radius 2 is 1.79 bits per heavy atom. The highest BCUT2D eigenvalue weighted by Gasteiger charge is 2.14. The molecule has 0 aliphatic carbocycles. The Labute approximate surface area is 123 Å². The minimum Gasteiger partial charge on any atom is -0.306 e. The van der Waals surface area contributed by atoms with Gasteiger partial charge >= 0.3 is 0 Å². The van der Waals surface area contributed by atoms with Crippen LogP contribution >= 0.6 is 15.9 Å². The van der Waals surface area contributed by atoms with Crippen LogP contribution in [-0.4, -0.2) is 11.5 Å².